The summed E-state index contributed by atoms with van der Waals surface area (Å²) in [5.74, 6) is 0.624. The molecule has 1 N–H and O–H groups in total. The number of hydrogen-bond acceptors (Lipinski definition) is 6. The van der Waals surface area contributed by atoms with Gasteiger partial charge < -0.3 is 19.2 Å². The van der Waals surface area contributed by atoms with Gasteiger partial charge in [0, 0.05) is 16.8 Å². The minimum absolute atomic E-state index is 0.408. The van der Waals surface area contributed by atoms with Gasteiger partial charge in [-0.1, -0.05) is 30.3 Å². The van der Waals surface area contributed by atoms with Crippen LogP contribution >= 0.6 is 0 Å². The minimum atomic E-state index is -0.454. The molecule has 0 aliphatic carbocycles. The summed E-state index contributed by atoms with van der Waals surface area (Å²) in [5.41, 5.74) is 2.97. The van der Waals surface area contributed by atoms with Crippen molar-refractivity contribution >= 4 is 27.9 Å². The third kappa shape index (κ3) is 2.64. The number of methoxy groups -OCH3 is 3. The summed E-state index contributed by atoms with van der Waals surface area (Å²) in [4.78, 5) is 15.9. The molecule has 0 bridgehead atoms. The number of hydrogen-bond donors (Lipinski definition) is 1. The number of esters is 1. The highest BCUT2D eigenvalue weighted by molar-refractivity contribution is 6.18. The monoisotopic (exact) mass is 363 g/mol. The van der Waals surface area contributed by atoms with Gasteiger partial charge in [-0.15, -0.1) is 10.2 Å². The number of aromatic amines is 1. The van der Waals surface area contributed by atoms with Crippen LogP contribution in [0.4, 0.5) is 0 Å². The van der Waals surface area contributed by atoms with E-state index >= 15 is 0 Å². The number of nitrogens with zero attached hydrogens (tertiary/aromatic N) is 2. The zero-order valence-electron chi connectivity index (χ0n) is 15.1. The van der Waals surface area contributed by atoms with Gasteiger partial charge in [-0.2, -0.15) is 0 Å². The van der Waals surface area contributed by atoms with Gasteiger partial charge in [-0.25, -0.2) is 4.79 Å². The molecule has 2 heterocycles. The number of ether oxygens (including phenoxy) is 3. The first-order chi connectivity index (χ1) is 13.2. The van der Waals surface area contributed by atoms with Crippen molar-refractivity contribution in [2.45, 2.75) is 0 Å². The Balaban J connectivity index is 2.13. The van der Waals surface area contributed by atoms with E-state index in [9.17, 15) is 4.79 Å². The first kappa shape index (κ1) is 16.8. The van der Waals surface area contributed by atoms with Crippen molar-refractivity contribution in [3.05, 3.63) is 48.0 Å². The number of carbonyl (C=O) groups excluding carboxylic acids is 1. The third-order valence-corrected chi connectivity index (χ3v) is 4.46. The number of carbonyl (C=O) groups is 1. The molecule has 2 aromatic carbocycles. The number of rotatable bonds is 4. The number of aromatic nitrogens is 3. The Bertz CT molecular complexity index is 1150. The molecule has 0 radical (unpaired) electrons. The Hall–Kier alpha value is -3.61. The van der Waals surface area contributed by atoms with Crippen molar-refractivity contribution in [3.8, 4) is 22.8 Å². The Labute approximate surface area is 154 Å². The normalized spacial score (nSPS) is 10.9. The van der Waals surface area contributed by atoms with Gasteiger partial charge in [0.25, 0.3) is 0 Å². The van der Waals surface area contributed by atoms with Crippen molar-refractivity contribution in [2.75, 3.05) is 21.3 Å². The highest BCUT2D eigenvalue weighted by atomic mass is 16.5. The molecule has 0 aliphatic rings. The van der Waals surface area contributed by atoms with Crippen LogP contribution in [0, 0.1) is 0 Å². The molecule has 7 nitrogen and oxygen atoms in total. The van der Waals surface area contributed by atoms with Crippen LogP contribution in [-0.4, -0.2) is 42.5 Å². The first-order valence-corrected chi connectivity index (χ1v) is 8.25. The van der Waals surface area contributed by atoms with Crippen LogP contribution in [0.3, 0.4) is 0 Å². The third-order valence-electron chi connectivity index (χ3n) is 4.46. The van der Waals surface area contributed by atoms with E-state index in [4.69, 9.17) is 14.2 Å². The van der Waals surface area contributed by atoms with Crippen molar-refractivity contribution in [3.63, 3.8) is 0 Å². The standard InChI is InChI=1S/C20H17N3O4/c1-25-14-9-12-13(10-15(14)26-2)22-23-19-16(12)17(20(24)27-3)18(21-19)11-7-5-4-6-8-11/h4-10H,1-3H3,(H,21,23). The van der Waals surface area contributed by atoms with Crippen LogP contribution in [-0.2, 0) is 4.74 Å². The average molecular weight is 363 g/mol. The van der Waals surface area contributed by atoms with Gasteiger partial charge in [0.05, 0.1) is 38.1 Å². The topological polar surface area (TPSA) is 86.3 Å². The van der Waals surface area contributed by atoms with Crippen LogP contribution in [0.1, 0.15) is 10.4 Å². The van der Waals surface area contributed by atoms with Gasteiger partial charge in [0.1, 0.15) is 0 Å². The molecule has 0 atom stereocenters. The molecule has 0 fully saturated rings. The number of H-pyrrole nitrogens is 1. The second-order valence-electron chi connectivity index (χ2n) is 5.88. The average Bonchev–Trinajstić information content (AvgIpc) is 3.12. The lowest BCUT2D eigenvalue weighted by atomic mass is 10.0. The van der Waals surface area contributed by atoms with Crippen LogP contribution < -0.4 is 9.47 Å². The predicted molar refractivity (Wildman–Crippen MR) is 101 cm³/mol. The van der Waals surface area contributed by atoms with E-state index in [-0.39, 0.29) is 0 Å². The second-order valence-corrected chi connectivity index (χ2v) is 5.88. The smallest absolute Gasteiger partial charge is 0.340 e. The zero-order valence-corrected chi connectivity index (χ0v) is 15.1. The Morgan fingerprint density at radius 3 is 2.33 bits per heavy atom. The second kappa shape index (κ2) is 6.60. The highest BCUT2D eigenvalue weighted by Gasteiger charge is 2.24. The lowest BCUT2D eigenvalue weighted by molar-refractivity contribution is 0.0604. The number of nitrogens with one attached hydrogen (secondary N) is 1. The molecule has 0 unspecified atom stereocenters. The molecule has 0 saturated heterocycles. The Morgan fingerprint density at radius 1 is 0.963 bits per heavy atom. The SMILES string of the molecule is COC(=O)c1c(-c2ccccc2)[nH]c2nnc3cc(OC)c(OC)cc3c12. The Morgan fingerprint density at radius 2 is 1.67 bits per heavy atom. The van der Waals surface area contributed by atoms with E-state index in [0.717, 1.165) is 10.9 Å². The van der Waals surface area contributed by atoms with Crippen LogP contribution in [0.15, 0.2) is 42.5 Å². The van der Waals surface area contributed by atoms with Crippen molar-refractivity contribution in [2.24, 2.45) is 0 Å². The number of fused-ring (bicyclic) bond motifs is 3. The van der Waals surface area contributed by atoms with E-state index in [2.05, 4.69) is 15.2 Å². The summed E-state index contributed by atoms with van der Waals surface area (Å²) in [6.45, 7) is 0. The highest BCUT2D eigenvalue weighted by Crippen LogP contribution is 2.38. The lowest BCUT2D eigenvalue weighted by Crippen LogP contribution is -2.03. The van der Waals surface area contributed by atoms with Crippen molar-refractivity contribution in [1.82, 2.24) is 15.2 Å². The van der Waals surface area contributed by atoms with Gasteiger partial charge in [-0.05, 0) is 11.6 Å². The fourth-order valence-electron chi connectivity index (χ4n) is 3.21. The maximum absolute atomic E-state index is 12.7. The maximum Gasteiger partial charge on any atom is 0.340 e. The summed E-state index contributed by atoms with van der Waals surface area (Å²) in [6, 6.07) is 13.1. The van der Waals surface area contributed by atoms with Crippen LogP contribution in [0.25, 0.3) is 33.2 Å². The largest absolute Gasteiger partial charge is 0.493 e. The van der Waals surface area contributed by atoms with Crippen molar-refractivity contribution in [1.29, 1.82) is 0 Å². The van der Waals surface area contributed by atoms with Gasteiger partial charge in [0.15, 0.2) is 17.1 Å². The molecular weight excluding hydrogens is 346 g/mol. The van der Waals surface area contributed by atoms with E-state index in [1.807, 2.05) is 30.3 Å². The van der Waals surface area contributed by atoms with Crippen LogP contribution in [0.5, 0.6) is 11.5 Å². The van der Waals surface area contributed by atoms with Crippen molar-refractivity contribution < 1.29 is 19.0 Å². The molecule has 136 valence electrons. The molecule has 0 spiro atoms. The molecule has 0 amide bonds. The minimum Gasteiger partial charge on any atom is -0.493 e. The summed E-state index contributed by atoms with van der Waals surface area (Å²) in [7, 11) is 4.47. The molecule has 7 heteroatoms. The van der Waals surface area contributed by atoms with E-state index < -0.39 is 5.97 Å². The molecule has 4 rings (SSSR count). The van der Waals surface area contributed by atoms with Crippen LogP contribution in [0.2, 0.25) is 0 Å². The predicted octanol–water partition coefficient (Wildman–Crippen LogP) is 3.58. The summed E-state index contributed by atoms with van der Waals surface area (Å²) >= 11 is 0. The number of benzene rings is 2. The van der Waals surface area contributed by atoms with Gasteiger partial charge >= 0.3 is 5.97 Å². The van der Waals surface area contributed by atoms with E-state index in [0.29, 0.717) is 39.3 Å². The fraction of sp³-hybridized carbons (Fsp3) is 0.150. The molecule has 27 heavy (non-hydrogen) atoms. The summed E-state index contributed by atoms with van der Waals surface area (Å²) in [6.07, 6.45) is 0. The Kier molecular flexibility index (Phi) is 4.12. The maximum atomic E-state index is 12.7. The molecule has 4 aromatic rings. The first-order valence-electron chi connectivity index (χ1n) is 8.25. The summed E-state index contributed by atoms with van der Waals surface area (Å²) < 4.78 is 15.8. The molecular formula is C20H17N3O4. The van der Waals surface area contributed by atoms with Gasteiger partial charge in [-0.3, -0.25) is 0 Å². The fourth-order valence-corrected chi connectivity index (χ4v) is 3.21. The van der Waals surface area contributed by atoms with E-state index in [1.54, 1.807) is 26.4 Å². The summed E-state index contributed by atoms with van der Waals surface area (Å²) in [5, 5.41) is 9.86. The molecule has 0 aliphatic heterocycles. The lowest BCUT2D eigenvalue weighted by Gasteiger charge is -2.09. The molecule has 0 saturated carbocycles. The van der Waals surface area contributed by atoms with Gasteiger partial charge in [0.2, 0.25) is 0 Å². The quantitative estimate of drug-likeness (QED) is 0.558. The van der Waals surface area contributed by atoms with E-state index in [1.165, 1.54) is 7.11 Å². The molecule has 2 aromatic heterocycles. The zero-order chi connectivity index (χ0) is 19.0.